The van der Waals surface area contributed by atoms with Crippen LogP contribution >= 0.6 is 11.6 Å². The number of nitrogens with one attached hydrogen (secondary N) is 1. The van der Waals surface area contributed by atoms with E-state index in [2.05, 4.69) is 20.3 Å². The predicted octanol–water partition coefficient (Wildman–Crippen LogP) is 1.74. The number of anilines is 1. The lowest BCUT2D eigenvalue weighted by Gasteiger charge is -2.38. The second kappa shape index (κ2) is 5.83. The summed E-state index contributed by atoms with van der Waals surface area (Å²) in [6.07, 6.45) is 5.39. The van der Waals surface area contributed by atoms with Gasteiger partial charge in [-0.05, 0) is 24.6 Å². The summed E-state index contributed by atoms with van der Waals surface area (Å²) in [6.45, 7) is 4.05. The fraction of sp³-hybridized carbons (Fsp3) is 0.357. The molecule has 0 unspecified atom stereocenters. The van der Waals surface area contributed by atoms with E-state index in [0.717, 1.165) is 18.7 Å². The summed E-state index contributed by atoms with van der Waals surface area (Å²) >= 11 is 5.75. The molecular formula is C14H16ClN5O. The fourth-order valence-electron chi connectivity index (χ4n) is 2.31. The molecule has 0 spiro atoms. The number of hydrogen-bond acceptors (Lipinski definition) is 4. The second-order valence-electron chi connectivity index (χ2n) is 5.26. The number of nitrogens with zero attached hydrogens (tertiary/aromatic N) is 4. The molecule has 6 nitrogen and oxygen atoms in total. The van der Waals surface area contributed by atoms with Crippen LogP contribution < -0.4 is 5.32 Å². The molecule has 0 radical (unpaired) electrons. The minimum Gasteiger partial charge on any atom is -0.310 e. The summed E-state index contributed by atoms with van der Waals surface area (Å²) in [5.41, 5.74) is 1.15. The molecule has 110 valence electrons. The van der Waals surface area contributed by atoms with Crippen molar-refractivity contribution in [3.05, 3.63) is 41.3 Å². The average Bonchev–Trinajstić information content (AvgIpc) is 2.82. The zero-order valence-corrected chi connectivity index (χ0v) is 12.4. The highest BCUT2D eigenvalue weighted by Gasteiger charge is 2.29. The molecule has 2 aromatic heterocycles. The molecule has 3 rings (SSSR count). The molecule has 1 fully saturated rings. The van der Waals surface area contributed by atoms with Gasteiger partial charge in [0.1, 0.15) is 5.82 Å². The molecule has 0 aromatic carbocycles. The highest BCUT2D eigenvalue weighted by molar-refractivity contribution is 6.30. The van der Waals surface area contributed by atoms with Crippen LogP contribution in [0.4, 0.5) is 5.82 Å². The van der Waals surface area contributed by atoms with Gasteiger partial charge in [0.05, 0.1) is 23.8 Å². The zero-order valence-electron chi connectivity index (χ0n) is 11.7. The van der Waals surface area contributed by atoms with E-state index < -0.39 is 0 Å². The van der Waals surface area contributed by atoms with Crippen LogP contribution in [0.15, 0.2) is 30.7 Å². The van der Waals surface area contributed by atoms with Crippen LogP contribution in [0, 0.1) is 6.92 Å². The number of pyridine rings is 1. The number of hydrogen-bond donors (Lipinski definition) is 1. The van der Waals surface area contributed by atoms with Gasteiger partial charge in [0, 0.05) is 25.5 Å². The van der Waals surface area contributed by atoms with Crippen LogP contribution in [0.25, 0.3) is 0 Å². The third kappa shape index (κ3) is 3.40. The van der Waals surface area contributed by atoms with Crippen molar-refractivity contribution in [2.24, 2.45) is 0 Å². The number of carbonyl (C=O) groups is 1. The fourth-order valence-corrected chi connectivity index (χ4v) is 2.42. The topological polar surface area (TPSA) is 63.1 Å². The Hall–Kier alpha value is -1.92. The summed E-state index contributed by atoms with van der Waals surface area (Å²) in [4.78, 5) is 18.0. The first-order valence-electron chi connectivity index (χ1n) is 6.74. The molecule has 1 aliphatic rings. The molecule has 0 bridgehead atoms. The lowest BCUT2D eigenvalue weighted by Crippen LogP contribution is -2.50. The Balaban J connectivity index is 1.46. The third-order valence-electron chi connectivity index (χ3n) is 3.40. The standard InChI is InChI=1S/C14H16ClN5O/c1-10-4-17-20(6-10)12-7-19(8-12)9-14(21)18-13-3-2-11(15)5-16-13/h2-6,12H,7-9H2,1H3,(H,16,18,21). The Kier molecular flexibility index (Phi) is 3.90. The van der Waals surface area contributed by atoms with Crippen molar-refractivity contribution in [1.29, 1.82) is 0 Å². The van der Waals surface area contributed by atoms with Crippen molar-refractivity contribution in [2.75, 3.05) is 25.0 Å². The molecule has 1 aliphatic heterocycles. The number of halogens is 1. The molecule has 0 atom stereocenters. The van der Waals surface area contributed by atoms with Crippen molar-refractivity contribution >= 4 is 23.3 Å². The van der Waals surface area contributed by atoms with Crippen molar-refractivity contribution in [1.82, 2.24) is 19.7 Å². The van der Waals surface area contributed by atoms with Gasteiger partial charge in [0.2, 0.25) is 5.91 Å². The molecule has 21 heavy (non-hydrogen) atoms. The predicted molar refractivity (Wildman–Crippen MR) is 80.3 cm³/mol. The summed E-state index contributed by atoms with van der Waals surface area (Å²) < 4.78 is 1.96. The van der Waals surface area contributed by atoms with Crippen LogP contribution in [-0.4, -0.2) is 45.2 Å². The maximum absolute atomic E-state index is 11.9. The van der Waals surface area contributed by atoms with E-state index in [0.29, 0.717) is 23.4 Å². The molecule has 7 heteroatoms. The number of amides is 1. The van der Waals surface area contributed by atoms with E-state index in [1.54, 1.807) is 12.1 Å². The van der Waals surface area contributed by atoms with Crippen LogP contribution in [0.1, 0.15) is 11.6 Å². The van der Waals surface area contributed by atoms with Crippen LogP contribution in [-0.2, 0) is 4.79 Å². The van der Waals surface area contributed by atoms with Gasteiger partial charge in [0.25, 0.3) is 0 Å². The average molecular weight is 306 g/mol. The Morgan fingerprint density at radius 2 is 2.24 bits per heavy atom. The summed E-state index contributed by atoms with van der Waals surface area (Å²) in [6, 6.07) is 3.75. The first kappa shape index (κ1) is 14.0. The molecule has 0 aliphatic carbocycles. The Morgan fingerprint density at radius 3 is 2.86 bits per heavy atom. The van der Waals surface area contributed by atoms with Gasteiger partial charge in [-0.3, -0.25) is 14.4 Å². The van der Waals surface area contributed by atoms with Crippen LogP contribution in [0.3, 0.4) is 0 Å². The zero-order chi connectivity index (χ0) is 14.8. The monoisotopic (exact) mass is 305 g/mol. The number of likely N-dealkylation sites (tertiary alicyclic amines) is 1. The largest absolute Gasteiger partial charge is 0.310 e. The van der Waals surface area contributed by atoms with Crippen LogP contribution in [0.2, 0.25) is 5.02 Å². The minimum atomic E-state index is -0.0695. The van der Waals surface area contributed by atoms with E-state index >= 15 is 0 Å². The van der Waals surface area contributed by atoms with Crippen molar-refractivity contribution < 1.29 is 4.79 Å². The lowest BCUT2D eigenvalue weighted by atomic mass is 10.1. The Labute approximate surface area is 127 Å². The molecule has 2 aromatic rings. The second-order valence-corrected chi connectivity index (χ2v) is 5.69. The summed E-state index contributed by atoms with van der Waals surface area (Å²) in [7, 11) is 0. The maximum atomic E-state index is 11.9. The first-order chi connectivity index (χ1) is 10.1. The summed E-state index contributed by atoms with van der Waals surface area (Å²) in [5.74, 6) is 0.448. The Morgan fingerprint density at radius 1 is 1.43 bits per heavy atom. The highest BCUT2D eigenvalue weighted by Crippen LogP contribution is 2.20. The smallest absolute Gasteiger partial charge is 0.239 e. The van der Waals surface area contributed by atoms with Gasteiger partial charge in [-0.1, -0.05) is 11.6 Å². The maximum Gasteiger partial charge on any atom is 0.239 e. The normalized spacial score (nSPS) is 15.7. The Bertz CT molecular complexity index is 633. The minimum absolute atomic E-state index is 0.0695. The number of aryl methyl sites for hydroxylation is 1. The van der Waals surface area contributed by atoms with Gasteiger partial charge >= 0.3 is 0 Å². The van der Waals surface area contributed by atoms with Crippen molar-refractivity contribution in [3.8, 4) is 0 Å². The van der Waals surface area contributed by atoms with Gasteiger partial charge in [-0.15, -0.1) is 0 Å². The van der Waals surface area contributed by atoms with Gasteiger partial charge in [-0.2, -0.15) is 5.10 Å². The molecule has 3 heterocycles. The van der Waals surface area contributed by atoms with Crippen molar-refractivity contribution in [3.63, 3.8) is 0 Å². The van der Waals surface area contributed by atoms with E-state index in [4.69, 9.17) is 11.6 Å². The van der Waals surface area contributed by atoms with E-state index in [9.17, 15) is 4.79 Å². The van der Waals surface area contributed by atoms with Gasteiger partial charge < -0.3 is 5.32 Å². The van der Waals surface area contributed by atoms with Gasteiger partial charge in [0.15, 0.2) is 0 Å². The van der Waals surface area contributed by atoms with Crippen LogP contribution in [0.5, 0.6) is 0 Å². The van der Waals surface area contributed by atoms with E-state index in [-0.39, 0.29) is 5.91 Å². The lowest BCUT2D eigenvalue weighted by molar-refractivity contribution is -0.118. The number of aromatic nitrogens is 3. The molecule has 1 N–H and O–H groups in total. The molecule has 1 amide bonds. The molecule has 0 saturated carbocycles. The van der Waals surface area contributed by atoms with E-state index in [1.165, 1.54) is 6.20 Å². The SMILES string of the molecule is Cc1cnn(C2CN(CC(=O)Nc3ccc(Cl)cn3)C2)c1. The van der Waals surface area contributed by atoms with E-state index in [1.807, 2.05) is 24.0 Å². The quantitative estimate of drug-likeness (QED) is 0.934. The number of carbonyl (C=O) groups excluding carboxylic acids is 1. The molecule has 1 saturated heterocycles. The van der Waals surface area contributed by atoms with Crippen molar-refractivity contribution in [2.45, 2.75) is 13.0 Å². The first-order valence-corrected chi connectivity index (χ1v) is 7.12. The number of rotatable bonds is 4. The third-order valence-corrected chi connectivity index (χ3v) is 3.63. The highest BCUT2D eigenvalue weighted by atomic mass is 35.5. The summed E-state index contributed by atoms with van der Waals surface area (Å²) in [5, 5.41) is 7.60. The van der Waals surface area contributed by atoms with Gasteiger partial charge in [-0.25, -0.2) is 4.98 Å². The molecular weight excluding hydrogens is 290 g/mol.